The van der Waals surface area contributed by atoms with Gasteiger partial charge in [-0.05, 0) is 45.1 Å². The Hall–Kier alpha value is 0.620. The molecule has 0 spiro atoms. The standard InChI is InChI=1S/C11H26N2S2/c1-10(9-15-4)13(2)11(8-12)6-5-7-14-3/h10-11H,5-9,12H2,1-4H3. The molecule has 2 unspecified atom stereocenters. The highest BCUT2D eigenvalue weighted by Crippen LogP contribution is 2.12. The first kappa shape index (κ1) is 15.6. The van der Waals surface area contributed by atoms with Crippen LogP contribution in [0.4, 0.5) is 0 Å². The van der Waals surface area contributed by atoms with E-state index in [1.807, 2.05) is 23.5 Å². The Morgan fingerprint density at radius 2 is 1.93 bits per heavy atom. The van der Waals surface area contributed by atoms with Gasteiger partial charge in [0.05, 0.1) is 0 Å². The average Bonchev–Trinajstić information content (AvgIpc) is 2.24. The van der Waals surface area contributed by atoms with Crippen LogP contribution in [0.1, 0.15) is 19.8 Å². The Morgan fingerprint density at radius 1 is 1.27 bits per heavy atom. The highest BCUT2D eigenvalue weighted by molar-refractivity contribution is 7.98. The molecule has 92 valence electrons. The number of nitrogens with two attached hydrogens (primary N) is 1. The number of nitrogens with zero attached hydrogens (tertiary/aromatic N) is 1. The van der Waals surface area contributed by atoms with E-state index in [2.05, 4.69) is 31.4 Å². The van der Waals surface area contributed by atoms with Crippen LogP contribution in [0.15, 0.2) is 0 Å². The van der Waals surface area contributed by atoms with Crippen molar-refractivity contribution in [3.05, 3.63) is 0 Å². The van der Waals surface area contributed by atoms with Gasteiger partial charge in [-0.25, -0.2) is 0 Å². The molecule has 0 fully saturated rings. The molecule has 0 radical (unpaired) electrons. The fourth-order valence-corrected chi connectivity index (χ4v) is 2.84. The van der Waals surface area contributed by atoms with E-state index in [9.17, 15) is 0 Å². The summed E-state index contributed by atoms with van der Waals surface area (Å²) in [7, 11) is 2.21. The van der Waals surface area contributed by atoms with Crippen LogP contribution in [-0.4, -0.2) is 54.6 Å². The highest BCUT2D eigenvalue weighted by atomic mass is 32.2. The van der Waals surface area contributed by atoms with Gasteiger partial charge < -0.3 is 5.73 Å². The number of hydrogen-bond acceptors (Lipinski definition) is 4. The molecule has 4 heteroatoms. The van der Waals surface area contributed by atoms with Gasteiger partial charge in [-0.1, -0.05) is 0 Å². The summed E-state index contributed by atoms with van der Waals surface area (Å²) < 4.78 is 0. The summed E-state index contributed by atoms with van der Waals surface area (Å²) in [5.74, 6) is 2.44. The number of hydrogen-bond donors (Lipinski definition) is 1. The zero-order valence-corrected chi connectivity index (χ0v) is 12.2. The summed E-state index contributed by atoms with van der Waals surface area (Å²) in [6, 6.07) is 1.18. The van der Waals surface area contributed by atoms with Crippen LogP contribution in [0.3, 0.4) is 0 Å². The lowest BCUT2D eigenvalue weighted by atomic mass is 10.1. The third kappa shape index (κ3) is 6.72. The van der Waals surface area contributed by atoms with Crippen LogP contribution in [0, 0.1) is 0 Å². The molecule has 0 aliphatic heterocycles. The van der Waals surface area contributed by atoms with Gasteiger partial charge in [-0.15, -0.1) is 0 Å². The topological polar surface area (TPSA) is 29.3 Å². The Kier molecular flexibility index (Phi) is 10.2. The smallest absolute Gasteiger partial charge is 0.0218 e. The molecule has 0 saturated heterocycles. The van der Waals surface area contributed by atoms with E-state index < -0.39 is 0 Å². The Bertz CT molecular complexity index is 145. The van der Waals surface area contributed by atoms with Gasteiger partial charge in [0.1, 0.15) is 0 Å². The maximum Gasteiger partial charge on any atom is 0.0218 e. The zero-order chi connectivity index (χ0) is 11.7. The first-order valence-corrected chi connectivity index (χ1v) is 8.36. The summed E-state index contributed by atoms with van der Waals surface area (Å²) in [6.07, 6.45) is 6.83. The average molecular weight is 250 g/mol. The molecule has 0 aliphatic rings. The Labute approximate surface area is 104 Å². The lowest BCUT2D eigenvalue weighted by molar-refractivity contribution is 0.192. The largest absolute Gasteiger partial charge is 0.329 e. The minimum atomic E-state index is 0.555. The van der Waals surface area contributed by atoms with Gasteiger partial charge in [-0.3, -0.25) is 4.90 Å². The van der Waals surface area contributed by atoms with Gasteiger partial charge in [0, 0.05) is 24.4 Å². The predicted octanol–water partition coefficient (Wildman–Crippen LogP) is 2.14. The number of likely N-dealkylation sites (N-methyl/N-ethyl adjacent to an activating group) is 1. The molecule has 0 saturated carbocycles. The maximum absolute atomic E-state index is 5.83. The third-order valence-corrected chi connectivity index (χ3v) is 4.35. The Balaban J connectivity index is 3.91. The number of thioether (sulfide) groups is 2. The molecule has 0 bridgehead atoms. The molecular weight excluding hydrogens is 224 g/mol. The second-order valence-corrected chi connectivity index (χ2v) is 5.89. The summed E-state index contributed by atoms with van der Waals surface area (Å²) in [6.45, 7) is 3.07. The van der Waals surface area contributed by atoms with Crippen molar-refractivity contribution >= 4 is 23.5 Å². The van der Waals surface area contributed by atoms with Crippen LogP contribution < -0.4 is 5.73 Å². The summed E-state index contributed by atoms with van der Waals surface area (Å²) in [5, 5.41) is 0. The summed E-state index contributed by atoms with van der Waals surface area (Å²) in [4.78, 5) is 2.44. The first-order chi connectivity index (χ1) is 7.17. The van der Waals surface area contributed by atoms with E-state index in [0.717, 1.165) is 6.54 Å². The van der Waals surface area contributed by atoms with Crippen molar-refractivity contribution in [3.63, 3.8) is 0 Å². The minimum Gasteiger partial charge on any atom is -0.329 e. The van der Waals surface area contributed by atoms with Crippen LogP contribution in [0.2, 0.25) is 0 Å². The molecule has 2 nitrogen and oxygen atoms in total. The van der Waals surface area contributed by atoms with Crippen LogP contribution in [0.5, 0.6) is 0 Å². The van der Waals surface area contributed by atoms with Gasteiger partial charge >= 0.3 is 0 Å². The first-order valence-electron chi connectivity index (χ1n) is 5.57. The van der Waals surface area contributed by atoms with E-state index in [-0.39, 0.29) is 0 Å². The van der Waals surface area contributed by atoms with Crippen molar-refractivity contribution in [2.24, 2.45) is 5.73 Å². The SMILES string of the molecule is CSCCCC(CN)N(C)C(C)CSC. The van der Waals surface area contributed by atoms with Gasteiger partial charge in [0.25, 0.3) is 0 Å². The predicted molar refractivity (Wildman–Crippen MR) is 76.1 cm³/mol. The normalized spacial score (nSPS) is 15.6. The number of rotatable bonds is 9. The van der Waals surface area contributed by atoms with Crippen LogP contribution in [0.25, 0.3) is 0 Å². The van der Waals surface area contributed by atoms with E-state index >= 15 is 0 Å². The van der Waals surface area contributed by atoms with Crippen molar-refractivity contribution in [2.45, 2.75) is 31.8 Å². The van der Waals surface area contributed by atoms with Crippen molar-refractivity contribution in [3.8, 4) is 0 Å². The lowest BCUT2D eigenvalue weighted by Crippen LogP contribution is -2.44. The van der Waals surface area contributed by atoms with Crippen LogP contribution in [-0.2, 0) is 0 Å². The maximum atomic E-state index is 5.83. The molecule has 0 rings (SSSR count). The molecule has 15 heavy (non-hydrogen) atoms. The molecule has 0 aliphatic carbocycles. The summed E-state index contributed by atoms with van der Waals surface area (Å²) >= 11 is 3.83. The quantitative estimate of drug-likeness (QED) is 0.635. The fraction of sp³-hybridized carbons (Fsp3) is 1.00. The van der Waals surface area contributed by atoms with Gasteiger partial charge in [0.15, 0.2) is 0 Å². The van der Waals surface area contributed by atoms with E-state index in [0.29, 0.717) is 12.1 Å². The van der Waals surface area contributed by atoms with E-state index in [1.165, 1.54) is 24.3 Å². The van der Waals surface area contributed by atoms with Gasteiger partial charge in [-0.2, -0.15) is 23.5 Å². The van der Waals surface area contributed by atoms with Crippen molar-refractivity contribution in [1.82, 2.24) is 4.90 Å². The molecule has 2 atom stereocenters. The molecule has 2 N–H and O–H groups in total. The second-order valence-electron chi connectivity index (χ2n) is 3.99. The van der Waals surface area contributed by atoms with Gasteiger partial charge in [0.2, 0.25) is 0 Å². The molecule has 0 aromatic carbocycles. The van der Waals surface area contributed by atoms with Crippen molar-refractivity contribution in [1.29, 1.82) is 0 Å². The van der Waals surface area contributed by atoms with Crippen molar-refractivity contribution in [2.75, 3.05) is 37.6 Å². The third-order valence-electron chi connectivity index (χ3n) is 2.84. The molecule has 0 aromatic heterocycles. The van der Waals surface area contributed by atoms with Crippen molar-refractivity contribution < 1.29 is 0 Å². The lowest BCUT2D eigenvalue weighted by Gasteiger charge is -2.32. The van der Waals surface area contributed by atoms with E-state index in [4.69, 9.17) is 5.73 Å². The van der Waals surface area contributed by atoms with E-state index in [1.54, 1.807) is 0 Å². The monoisotopic (exact) mass is 250 g/mol. The van der Waals surface area contributed by atoms with Crippen LogP contribution >= 0.6 is 23.5 Å². The molecule has 0 heterocycles. The minimum absolute atomic E-state index is 0.555. The highest BCUT2D eigenvalue weighted by Gasteiger charge is 2.17. The molecular formula is C11H26N2S2. The second kappa shape index (κ2) is 9.82. The Morgan fingerprint density at radius 3 is 2.40 bits per heavy atom. The molecule has 0 amide bonds. The summed E-state index contributed by atoms with van der Waals surface area (Å²) in [5.41, 5.74) is 5.83. The molecule has 0 aromatic rings. The fourth-order valence-electron chi connectivity index (χ4n) is 1.67. The zero-order valence-electron chi connectivity index (χ0n) is 10.5.